The molecule has 0 bridgehead atoms. The number of hydrogen-bond acceptors (Lipinski definition) is 5. The standard InChI is InChI=1S/C14H26N2O4/c1-15(2)13(17)6-8-16(9-7-14(18)19-3)11-12-5-4-10-20-12/h12H,4-11H2,1-3H3. The third-order valence-electron chi connectivity index (χ3n) is 3.49. The molecule has 1 unspecified atom stereocenters. The normalized spacial score (nSPS) is 18.3. The second-order valence-electron chi connectivity index (χ2n) is 5.30. The summed E-state index contributed by atoms with van der Waals surface area (Å²) < 4.78 is 10.3. The van der Waals surface area contributed by atoms with Crippen LogP contribution in [-0.4, -0.2) is 75.2 Å². The molecule has 6 nitrogen and oxygen atoms in total. The second kappa shape index (κ2) is 8.92. The summed E-state index contributed by atoms with van der Waals surface area (Å²) >= 11 is 0. The van der Waals surface area contributed by atoms with Crippen molar-refractivity contribution in [3.63, 3.8) is 0 Å². The van der Waals surface area contributed by atoms with Crippen molar-refractivity contribution in [1.29, 1.82) is 0 Å². The molecule has 0 aromatic rings. The van der Waals surface area contributed by atoms with Crippen molar-refractivity contribution in [2.75, 3.05) is 47.4 Å². The lowest BCUT2D eigenvalue weighted by Crippen LogP contribution is -2.37. The first-order valence-corrected chi connectivity index (χ1v) is 7.14. The maximum absolute atomic E-state index is 11.7. The van der Waals surface area contributed by atoms with Crippen molar-refractivity contribution < 1.29 is 19.1 Å². The van der Waals surface area contributed by atoms with Gasteiger partial charge in [-0.3, -0.25) is 14.5 Å². The van der Waals surface area contributed by atoms with Crippen LogP contribution in [0.1, 0.15) is 25.7 Å². The van der Waals surface area contributed by atoms with E-state index in [9.17, 15) is 9.59 Å². The molecule has 0 aromatic heterocycles. The highest BCUT2D eigenvalue weighted by Crippen LogP contribution is 2.14. The Labute approximate surface area is 121 Å². The molecule has 0 radical (unpaired) electrons. The van der Waals surface area contributed by atoms with E-state index in [2.05, 4.69) is 9.64 Å². The number of carbonyl (C=O) groups is 2. The molecule has 1 atom stereocenters. The Bertz CT molecular complexity index is 314. The van der Waals surface area contributed by atoms with Gasteiger partial charge in [-0.2, -0.15) is 0 Å². The molecule has 0 aromatic carbocycles. The van der Waals surface area contributed by atoms with E-state index < -0.39 is 0 Å². The molecule has 20 heavy (non-hydrogen) atoms. The number of esters is 1. The van der Waals surface area contributed by atoms with E-state index in [4.69, 9.17) is 4.74 Å². The van der Waals surface area contributed by atoms with Gasteiger partial charge < -0.3 is 14.4 Å². The van der Waals surface area contributed by atoms with Gasteiger partial charge in [-0.1, -0.05) is 0 Å². The fourth-order valence-electron chi connectivity index (χ4n) is 2.20. The largest absolute Gasteiger partial charge is 0.469 e. The first-order chi connectivity index (χ1) is 9.52. The van der Waals surface area contributed by atoms with Crippen LogP contribution in [0.4, 0.5) is 0 Å². The molecule has 1 amide bonds. The predicted octanol–water partition coefficient (Wildman–Crippen LogP) is 0.509. The van der Waals surface area contributed by atoms with Crippen molar-refractivity contribution in [2.45, 2.75) is 31.8 Å². The highest BCUT2D eigenvalue weighted by Gasteiger charge is 2.20. The van der Waals surface area contributed by atoms with Crippen molar-refractivity contribution >= 4 is 11.9 Å². The van der Waals surface area contributed by atoms with Crippen LogP contribution in [-0.2, 0) is 19.1 Å². The Morgan fingerprint density at radius 1 is 1.25 bits per heavy atom. The molecule has 0 aliphatic carbocycles. The van der Waals surface area contributed by atoms with Crippen LogP contribution >= 0.6 is 0 Å². The summed E-state index contributed by atoms with van der Waals surface area (Å²) in [6, 6.07) is 0. The number of methoxy groups -OCH3 is 1. The van der Waals surface area contributed by atoms with Gasteiger partial charge in [-0.15, -0.1) is 0 Å². The Balaban J connectivity index is 2.40. The van der Waals surface area contributed by atoms with Gasteiger partial charge in [0.1, 0.15) is 0 Å². The minimum absolute atomic E-state index is 0.0976. The molecule has 1 aliphatic rings. The maximum Gasteiger partial charge on any atom is 0.306 e. The summed E-state index contributed by atoms with van der Waals surface area (Å²) in [6.07, 6.45) is 3.17. The molecular formula is C14H26N2O4. The number of nitrogens with zero attached hydrogens (tertiary/aromatic N) is 2. The van der Waals surface area contributed by atoms with Gasteiger partial charge in [0.05, 0.1) is 19.6 Å². The number of ether oxygens (including phenoxy) is 2. The summed E-state index contributed by atoms with van der Waals surface area (Å²) in [5.74, 6) is -0.123. The summed E-state index contributed by atoms with van der Waals surface area (Å²) in [6.45, 7) is 2.84. The lowest BCUT2D eigenvalue weighted by Gasteiger charge is -2.25. The number of hydrogen-bond donors (Lipinski definition) is 0. The van der Waals surface area contributed by atoms with Gasteiger partial charge >= 0.3 is 5.97 Å². The van der Waals surface area contributed by atoms with Gasteiger partial charge in [0.25, 0.3) is 0 Å². The van der Waals surface area contributed by atoms with E-state index in [1.807, 2.05) is 0 Å². The smallest absolute Gasteiger partial charge is 0.306 e. The molecule has 6 heteroatoms. The van der Waals surface area contributed by atoms with Crippen LogP contribution in [0.15, 0.2) is 0 Å². The van der Waals surface area contributed by atoms with Crippen molar-refractivity contribution in [3.8, 4) is 0 Å². The van der Waals surface area contributed by atoms with Crippen LogP contribution in [0.5, 0.6) is 0 Å². The minimum Gasteiger partial charge on any atom is -0.469 e. The molecule has 0 saturated carbocycles. The molecule has 0 N–H and O–H groups in total. The summed E-state index contributed by atoms with van der Waals surface area (Å²) in [5.41, 5.74) is 0. The zero-order chi connectivity index (χ0) is 15.0. The highest BCUT2D eigenvalue weighted by atomic mass is 16.5. The van der Waals surface area contributed by atoms with Crippen LogP contribution in [0, 0.1) is 0 Å². The first kappa shape index (κ1) is 16.9. The van der Waals surface area contributed by atoms with Crippen molar-refractivity contribution in [1.82, 2.24) is 9.80 Å². The quantitative estimate of drug-likeness (QED) is 0.608. The van der Waals surface area contributed by atoms with E-state index in [-0.39, 0.29) is 18.0 Å². The number of rotatable bonds is 8. The highest BCUT2D eigenvalue weighted by molar-refractivity contribution is 5.75. The average Bonchev–Trinajstić information content (AvgIpc) is 2.93. The topological polar surface area (TPSA) is 59.1 Å². The van der Waals surface area contributed by atoms with Gasteiger partial charge in [-0.25, -0.2) is 0 Å². The Morgan fingerprint density at radius 3 is 2.50 bits per heavy atom. The maximum atomic E-state index is 11.7. The fourth-order valence-corrected chi connectivity index (χ4v) is 2.20. The first-order valence-electron chi connectivity index (χ1n) is 7.14. The number of amides is 1. The summed E-state index contributed by atoms with van der Waals surface area (Å²) in [4.78, 5) is 26.6. The molecule has 116 valence electrons. The Hall–Kier alpha value is -1.14. The van der Waals surface area contributed by atoms with Gasteiger partial charge in [0, 0.05) is 46.8 Å². The van der Waals surface area contributed by atoms with Crippen LogP contribution in [0.3, 0.4) is 0 Å². The molecule has 1 saturated heterocycles. The Morgan fingerprint density at radius 2 is 1.95 bits per heavy atom. The number of carbonyl (C=O) groups excluding carboxylic acids is 2. The third-order valence-corrected chi connectivity index (χ3v) is 3.49. The zero-order valence-corrected chi connectivity index (χ0v) is 12.8. The molecule has 1 heterocycles. The predicted molar refractivity (Wildman–Crippen MR) is 75.4 cm³/mol. The summed E-state index contributed by atoms with van der Waals surface area (Å²) in [7, 11) is 4.89. The lowest BCUT2D eigenvalue weighted by atomic mass is 10.2. The molecule has 1 rings (SSSR count). The zero-order valence-electron chi connectivity index (χ0n) is 12.8. The SMILES string of the molecule is COC(=O)CCN(CCC(=O)N(C)C)CC1CCCO1. The molecule has 1 fully saturated rings. The van der Waals surface area contributed by atoms with Gasteiger partial charge in [-0.05, 0) is 12.8 Å². The van der Waals surface area contributed by atoms with Crippen LogP contribution < -0.4 is 0 Å². The molecule has 1 aliphatic heterocycles. The van der Waals surface area contributed by atoms with Gasteiger partial charge in [0.15, 0.2) is 0 Å². The van der Waals surface area contributed by atoms with Crippen molar-refractivity contribution in [2.24, 2.45) is 0 Å². The fraction of sp³-hybridized carbons (Fsp3) is 0.857. The molecule has 0 spiro atoms. The summed E-state index contributed by atoms with van der Waals surface area (Å²) in [5, 5.41) is 0. The van der Waals surface area contributed by atoms with Gasteiger partial charge in [0.2, 0.25) is 5.91 Å². The van der Waals surface area contributed by atoms with Crippen LogP contribution in [0.2, 0.25) is 0 Å². The minimum atomic E-state index is -0.221. The Kier molecular flexibility index (Phi) is 7.54. The lowest BCUT2D eigenvalue weighted by molar-refractivity contribution is -0.141. The van der Waals surface area contributed by atoms with E-state index in [1.54, 1.807) is 19.0 Å². The second-order valence-corrected chi connectivity index (χ2v) is 5.30. The van der Waals surface area contributed by atoms with E-state index in [0.29, 0.717) is 25.9 Å². The van der Waals surface area contributed by atoms with Crippen molar-refractivity contribution in [3.05, 3.63) is 0 Å². The van der Waals surface area contributed by atoms with E-state index in [0.717, 1.165) is 26.0 Å². The van der Waals surface area contributed by atoms with E-state index in [1.165, 1.54) is 7.11 Å². The van der Waals surface area contributed by atoms with Crippen LogP contribution in [0.25, 0.3) is 0 Å². The van der Waals surface area contributed by atoms with E-state index >= 15 is 0 Å². The monoisotopic (exact) mass is 286 g/mol. The average molecular weight is 286 g/mol. The third kappa shape index (κ3) is 6.34. The molecular weight excluding hydrogens is 260 g/mol.